The lowest BCUT2D eigenvalue weighted by Gasteiger charge is -2.20. The number of allylic oxidation sites excluding steroid dienone is 1. The third-order valence-electron chi connectivity index (χ3n) is 2.05. The van der Waals surface area contributed by atoms with Crippen molar-refractivity contribution >= 4 is 0 Å². The standard InChI is InChI=1S/C10H15F3O/c1-4-7(5-2)9(11)10(12,13)8(14)6-3/h6,8,14H,3-5H2,1-2H3/t8-/m1/s1. The van der Waals surface area contributed by atoms with Gasteiger partial charge in [0.25, 0.3) is 0 Å². The Morgan fingerprint density at radius 2 is 1.86 bits per heavy atom. The summed E-state index contributed by atoms with van der Waals surface area (Å²) in [5.41, 5.74) is 0.0240. The van der Waals surface area contributed by atoms with E-state index in [1.165, 1.54) is 0 Å². The Labute approximate surface area is 81.9 Å². The summed E-state index contributed by atoms with van der Waals surface area (Å²) in [4.78, 5) is 0. The predicted molar refractivity (Wildman–Crippen MR) is 49.9 cm³/mol. The molecular weight excluding hydrogens is 193 g/mol. The maximum absolute atomic E-state index is 13.2. The lowest BCUT2D eigenvalue weighted by molar-refractivity contribution is -0.0711. The molecule has 0 amide bonds. The van der Waals surface area contributed by atoms with E-state index in [4.69, 9.17) is 5.11 Å². The van der Waals surface area contributed by atoms with Gasteiger partial charge in [-0.2, -0.15) is 8.78 Å². The molecule has 0 fully saturated rings. The van der Waals surface area contributed by atoms with Crippen LogP contribution in [0.25, 0.3) is 0 Å². The van der Waals surface area contributed by atoms with Crippen LogP contribution in [-0.4, -0.2) is 17.1 Å². The van der Waals surface area contributed by atoms with Gasteiger partial charge < -0.3 is 5.11 Å². The van der Waals surface area contributed by atoms with E-state index < -0.39 is 17.9 Å². The van der Waals surface area contributed by atoms with Crippen molar-refractivity contribution in [3.8, 4) is 0 Å². The van der Waals surface area contributed by atoms with Gasteiger partial charge in [0, 0.05) is 0 Å². The van der Waals surface area contributed by atoms with Crippen molar-refractivity contribution in [2.45, 2.75) is 38.7 Å². The Morgan fingerprint density at radius 3 is 2.14 bits per heavy atom. The Bertz CT molecular complexity index is 228. The molecule has 0 spiro atoms. The first-order chi connectivity index (χ1) is 6.41. The summed E-state index contributed by atoms with van der Waals surface area (Å²) >= 11 is 0. The first-order valence-corrected chi connectivity index (χ1v) is 4.48. The number of alkyl halides is 2. The highest BCUT2D eigenvalue weighted by molar-refractivity contribution is 5.18. The summed E-state index contributed by atoms with van der Waals surface area (Å²) in [5.74, 6) is -5.39. The van der Waals surface area contributed by atoms with Crippen LogP contribution in [0, 0.1) is 0 Å². The van der Waals surface area contributed by atoms with E-state index in [0.717, 1.165) is 0 Å². The summed E-state index contributed by atoms with van der Waals surface area (Å²) in [6.45, 7) is 6.19. The van der Waals surface area contributed by atoms with Gasteiger partial charge in [0.1, 0.15) is 6.10 Å². The summed E-state index contributed by atoms with van der Waals surface area (Å²) < 4.78 is 39.4. The lowest BCUT2D eigenvalue weighted by atomic mass is 10.0. The van der Waals surface area contributed by atoms with Gasteiger partial charge in [0.2, 0.25) is 0 Å². The summed E-state index contributed by atoms with van der Waals surface area (Å²) in [5, 5.41) is 8.85. The van der Waals surface area contributed by atoms with Gasteiger partial charge in [0.05, 0.1) is 0 Å². The number of hydrogen-bond acceptors (Lipinski definition) is 1. The van der Waals surface area contributed by atoms with E-state index in [-0.39, 0.29) is 18.4 Å². The molecule has 0 aliphatic rings. The SMILES string of the molecule is C=C[C@@H](O)C(F)(F)C(F)=C(CC)CC. The molecule has 0 aromatic rings. The van der Waals surface area contributed by atoms with Crippen LogP contribution in [0.4, 0.5) is 13.2 Å². The van der Waals surface area contributed by atoms with Gasteiger partial charge in [-0.25, -0.2) is 4.39 Å². The molecule has 0 bridgehead atoms. The molecule has 0 aliphatic heterocycles. The third-order valence-corrected chi connectivity index (χ3v) is 2.05. The predicted octanol–water partition coefficient (Wildman–Crippen LogP) is 3.21. The monoisotopic (exact) mass is 208 g/mol. The second kappa shape index (κ2) is 5.20. The molecule has 4 heteroatoms. The van der Waals surface area contributed by atoms with Crippen molar-refractivity contribution in [3.63, 3.8) is 0 Å². The maximum Gasteiger partial charge on any atom is 0.327 e. The largest absolute Gasteiger partial charge is 0.382 e. The molecule has 0 rings (SSSR count). The smallest absolute Gasteiger partial charge is 0.327 e. The van der Waals surface area contributed by atoms with Gasteiger partial charge in [-0.15, -0.1) is 6.58 Å². The van der Waals surface area contributed by atoms with Crippen LogP contribution in [0.1, 0.15) is 26.7 Å². The van der Waals surface area contributed by atoms with Crippen LogP contribution in [0.5, 0.6) is 0 Å². The van der Waals surface area contributed by atoms with Gasteiger partial charge in [-0.3, -0.25) is 0 Å². The molecule has 0 aliphatic carbocycles. The Kier molecular flexibility index (Phi) is 4.91. The third kappa shape index (κ3) is 2.61. The molecule has 82 valence electrons. The van der Waals surface area contributed by atoms with Crippen LogP contribution in [0.2, 0.25) is 0 Å². The zero-order valence-corrected chi connectivity index (χ0v) is 8.36. The lowest BCUT2D eigenvalue weighted by Crippen LogP contribution is -2.33. The van der Waals surface area contributed by atoms with Crippen LogP contribution >= 0.6 is 0 Å². The highest BCUT2D eigenvalue weighted by Crippen LogP contribution is 2.33. The second-order valence-corrected chi connectivity index (χ2v) is 2.93. The molecule has 0 radical (unpaired) electrons. The minimum absolute atomic E-state index is 0.0240. The van der Waals surface area contributed by atoms with Gasteiger partial charge in [-0.05, 0) is 18.4 Å². The molecule has 0 aromatic carbocycles. The van der Waals surface area contributed by atoms with E-state index in [1.54, 1.807) is 13.8 Å². The van der Waals surface area contributed by atoms with E-state index in [2.05, 4.69) is 6.58 Å². The van der Waals surface area contributed by atoms with Crippen molar-refractivity contribution in [2.75, 3.05) is 0 Å². The Hall–Kier alpha value is -0.770. The van der Waals surface area contributed by atoms with Crippen molar-refractivity contribution in [1.82, 2.24) is 0 Å². The number of aliphatic hydroxyl groups excluding tert-OH is 1. The van der Waals surface area contributed by atoms with Gasteiger partial charge in [0.15, 0.2) is 5.83 Å². The highest BCUT2D eigenvalue weighted by Gasteiger charge is 2.43. The molecule has 0 heterocycles. The maximum atomic E-state index is 13.2. The van der Waals surface area contributed by atoms with Crippen LogP contribution < -0.4 is 0 Å². The Balaban J connectivity index is 5.06. The minimum atomic E-state index is -3.86. The van der Waals surface area contributed by atoms with Gasteiger partial charge >= 0.3 is 5.92 Å². The molecule has 1 atom stereocenters. The zero-order chi connectivity index (χ0) is 11.4. The highest BCUT2D eigenvalue weighted by atomic mass is 19.3. The van der Waals surface area contributed by atoms with Crippen molar-refractivity contribution in [3.05, 3.63) is 24.1 Å². The fourth-order valence-corrected chi connectivity index (χ4v) is 1.07. The molecule has 0 aromatic heterocycles. The summed E-state index contributed by atoms with van der Waals surface area (Å²) in [7, 11) is 0. The van der Waals surface area contributed by atoms with Crippen molar-refractivity contribution in [1.29, 1.82) is 0 Å². The van der Waals surface area contributed by atoms with Crippen LogP contribution in [0.15, 0.2) is 24.1 Å². The first kappa shape index (κ1) is 13.2. The average Bonchev–Trinajstić information content (AvgIpc) is 2.18. The number of rotatable bonds is 5. The molecule has 0 saturated carbocycles. The van der Waals surface area contributed by atoms with E-state index in [9.17, 15) is 13.2 Å². The second-order valence-electron chi connectivity index (χ2n) is 2.93. The van der Waals surface area contributed by atoms with E-state index >= 15 is 0 Å². The average molecular weight is 208 g/mol. The number of aliphatic hydroxyl groups is 1. The summed E-state index contributed by atoms with van der Waals surface area (Å²) in [6, 6.07) is 0. The first-order valence-electron chi connectivity index (χ1n) is 4.48. The number of hydrogen-bond donors (Lipinski definition) is 1. The molecule has 0 unspecified atom stereocenters. The molecule has 1 nitrogen and oxygen atoms in total. The van der Waals surface area contributed by atoms with Crippen LogP contribution in [-0.2, 0) is 0 Å². The van der Waals surface area contributed by atoms with Crippen molar-refractivity contribution in [2.24, 2.45) is 0 Å². The zero-order valence-electron chi connectivity index (χ0n) is 8.36. The Morgan fingerprint density at radius 1 is 1.43 bits per heavy atom. The molecular formula is C10H15F3O. The fourth-order valence-electron chi connectivity index (χ4n) is 1.07. The molecule has 0 saturated heterocycles. The molecule has 1 N–H and O–H groups in total. The number of halogens is 3. The summed E-state index contributed by atoms with van der Waals surface area (Å²) in [6.07, 6.45) is -1.12. The van der Waals surface area contributed by atoms with Crippen LogP contribution in [0.3, 0.4) is 0 Å². The normalized spacial score (nSPS) is 13.6. The van der Waals surface area contributed by atoms with Crippen molar-refractivity contribution < 1.29 is 18.3 Å². The van der Waals surface area contributed by atoms with E-state index in [1.807, 2.05) is 0 Å². The molecule has 14 heavy (non-hydrogen) atoms. The topological polar surface area (TPSA) is 20.2 Å². The van der Waals surface area contributed by atoms with Gasteiger partial charge in [-0.1, -0.05) is 19.9 Å². The van der Waals surface area contributed by atoms with E-state index in [0.29, 0.717) is 6.08 Å². The minimum Gasteiger partial charge on any atom is -0.382 e. The quantitative estimate of drug-likeness (QED) is 0.688. The fraction of sp³-hybridized carbons (Fsp3) is 0.600.